The van der Waals surface area contributed by atoms with E-state index in [4.69, 9.17) is 37.6 Å². The Kier molecular flexibility index (Phi) is 8.85. The van der Waals surface area contributed by atoms with Crippen LogP contribution in [0.1, 0.15) is 43.0 Å². The summed E-state index contributed by atoms with van der Waals surface area (Å²) in [5.74, 6) is -1.54. The molecule has 40 heavy (non-hydrogen) atoms. The number of carboxylic acid groups (broad SMARTS) is 1. The molecule has 12 heteroatoms. The van der Waals surface area contributed by atoms with Gasteiger partial charge in [0.25, 0.3) is 0 Å². The molecule has 5 N–H and O–H groups in total. The smallest absolute Gasteiger partial charge is 0.429 e. The maximum atomic E-state index is 14.5. The van der Waals surface area contributed by atoms with Crippen LogP contribution in [0.5, 0.6) is 11.6 Å². The van der Waals surface area contributed by atoms with Crippen molar-refractivity contribution in [2.24, 2.45) is 11.7 Å². The van der Waals surface area contributed by atoms with Gasteiger partial charge in [-0.15, -0.1) is 0 Å². The van der Waals surface area contributed by atoms with Crippen molar-refractivity contribution in [3.8, 4) is 22.8 Å². The van der Waals surface area contributed by atoms with Gasteiger partial charge in [0.1, 0.15) is 11.8 Å². The largest absolute Gasteiger partial charge is 0.495 e. The summed E-state index contributed by atoms with van der Waals surface area (Å²) in [5.41, 5.74) is 13.1. The molecule has 212 valence electrons. The van der Waals surface area contributed by atoms with Crippen LogP contribution < -0.4 is 20.9 Å². The Balaban J connectivity index is 1.68. The van der Waals surface area contributed by atoms with E-state index < -0.39 is 24.3 Å². The van der Waals surface area contributed by atoms with Crippen LogP contribution in [0.15, 0.2) is 54.6 Å². The van der Waals surface area contributed by atoms with Crippen LogP contribution in [-0.4, -0.2) is 40.4 Å². The molecular weight excluding hydrogens is 549 g/mol. The number of halogens is 4. The molecule has 8 nitrogen and oxygen atoms in total. The summed E-state index contributed by atoms with van der Waals surface area (Å²) in [6.07, 6.45) is -3.38. The van der Waals surface area contributed by atoms with E-state index in [2.05, 4.69) is 9.97 Å². The van der Waals surface area contributed by atoms with E-state index in [1.54, 1.807) is 30.3 Å². The zero-order chi connectivity index (χ0) is 29.0. The third-order valence-electron chi connectivity index (χ3n) is 6.70. The molecule has 1 unspecified atom stereocenters. The number of nitrogens with zero attached hydrogens (tertiary/aromatic N) is 2. The van der Waals surface area contributed by atoms with Gasteiger partial charge in [0.05, 0.1) is 17.8 Å². The molecule has 0 amide bonds. The van der Waals surface area contributed by atoms with Gasteiger partial charge in [0.2, 0.25) is 17.9 Å². The van der Waals surface area contributed by atoms with Crippen LogP contribution in [0.4, 0.5) is 19.1 Å². The third kappa shape index (κ3) is 6.83. The molecule has 0 spiro atoms. The number of carboxylic acids is 1. The van der Waals surface area contributed by atoms with E-state index in [0.717, 1.165) is 5.57 Å². The normalized spacial score (nSPS) is 17.1. The summed E-state index contributed by atoms with van der Waals surface area (Å²) in [5, 5.41) is 9.21. The zero-order valence-electron chi connectivity index (χ0n) is 21.5. The highest BCUT2D eigenvalue weighted by molar-refractivity contribution is 6.32. The fourth-order valence-electron chi connectivity index (χ4n) is 4.70. The number of aliphatic carboxylic acids is 1. The van der Waals surface area contributed by atoms with Crippen LogP contribution in [-0.2, 0) is 4.79 Å². The number of hydrogen-bond acceptors (Lipinski definition) is 7. The molecule has 0 fully saturated rings. The lowest BCUT2D eigenvalue weighted by molar-refractivity contribution is -0.198. The van der Waals surface area contributed by atoms with Crippen LogP contribution in [0, 0.1) is 5.92 Å². The first-order chi connectivity index (χ1) is 19.0. The van der Waals surface area contributed by atoms with E-state index in [0.29, 0.717) is 36.9 Å². The van der Waals surface area contributed by atoms with Gasteiger partial charge >= 0.3 is 12.1 Å². The van der Waals surface area contributed by atoms with E-state index in [-0.39, 0.29) is 39.6 Å². The van der Waals surface area contributed by atoms with Gasteiger partial charge in [0.15, 0.2) is 0 Å². The predicted octanol–water partition coefficient (Wildman–Crippen LogP) is 6.06. The summed E-state index contributed by atoms with van der Waals surface area (Å²) >= 11 is 6.29. The molecule has 2 aromatic carbocycles. The minimum absolute atomic E-state index is 0.0571. The molecule has 3 atom stereocenters. The molecule has 4 rings (SSSR count). The summed E-state index contributed by atoms with van der Waals surface area (Å²) in [6.45, 7) is 0. The lowest BCUT2D eigenvalue weighted by Gasteiger charge is -2.26. The maximum Gasteiger partial charge on any atom is 0.429 e. The molecule has 1 heterocycles. The van der Waals surface area contributed by atoms with Crippen molar-refractivity contribution >= 4 is 29.1 Å². The Hall–Kier alpha value is -3.83. The number of anilines is 1. The van der Waals surface area contributed by atoms with Gasteiger partial charge < -0.3 is 26.0 Å². The molecular formula is C28H28ClF3N4O4. The second-order valence-electron chi connectivity index (χ2n) is 9.48. The van der Waals surface area contributed by atoms with Crippen LogP contribution in [0.3, 0.4) is 0 Å². The molecule has 0 aliphatic heterocycles. The standard InChI is InChI=1S/C28H28ClF3N4O4/c1-39-23-13-19(18(12-20(23)29)16-5-3-2-4-6-16)25(28(30,31)32)40-24-14-22(35-27(34)36-24)17-9-7-15(8-10-17)11-21(33)26(37)38/h2-6,9,12-15,21,25H,7-8,10-11,33H2,1H3,(H,37,38)(H2,34,35,36)/t15?,21-,25+/m0/s1. The summed E-state index contributed by atoms with van der Waals surface area (Å²) in [4.78, 5) is 19.2. The fourth-order valence-corrected chi connectivity index (χ4v) is 4.94. The minimum atomic E-state index is -4.84. The van der Waals surface area contributed by atoms with Gasteiger partial charge in [-0.3, -0.25) is 4.79 Å². The Bertz CT molecular complexity index is 1400. The lowest BCUT2D eigenvalue weighted by Crippen LogP contribution is -2.32. The van der Waals surface area contributed by atoms with Crippen molar-refractivity contribution in [1.29, 1.82) is 0 Å². The maximum absolute atomic E-state index is 14.5. The average molecular weight is 577 g/mol. The number of hydrogen-bond donors (Lipinski definition) is 3. The van der Waals surface area contributed by atoms with Gasteiger partial charge in [-0.1, -0.05) is 48.0 Å². The van der Waals surface area contributed by atoms with Crippen molar-refractivity contribution in [2.75, 3.05) is 12.8 Å². The highest BCUT2D eigenvalue weighted by Gasteiger charge is 2.45. The zero-order valence-corrected chi connectivity index (χ0v) is 22.2. The Labute approximate surface area is 233 Å². The summed E-state index contributed by atoms with van der Waals surface area (Å²) in [7, 11) is 1.31. The van der Waals surface area contributed by atoms with E-state index >= 15 is 0 Å². The number of benzene rings is 2. The number of methoxy groups -OCH3 is 1. The van der Waals surface area contributed by atoms with Gasteiger partial charge in [-0.2, -0.15) is 18.2 Å². The van der Waals surface area contributed by atoms with Crippen molar-refractivity contribution in [2.45, 2.75) is 44.0 Å². The summed E-state index contributed by atoms with van der Waals surface area (Å²) < 4.78 is 54.4. The molecule has 1 aliphatic rings. The fraction of sp³-hybridized carbons (Fsp3) is 0.321. The molecule has 0 radical (unpaired) electrons. The predicted molar refractivity (Wildman–Crippen MR) is 145 cm³/mol. The first-order valence-electron chi connectivity index (χ1n) is 12.4. The van der Waals surface area contributed by atoms with Crippen molar-refractivity contribution in [3.05, 3.63) is 70.9 Å². The van der Waals surface area contributed by atoms with Crippen molar-refractivity contribution in [3.63, 3.8) is 0 Å². The van der Waals surface area contributed by atoms with Crippen molar-refractivity contribution < 1.29 is 32.5 Å². The first kappa shape index (κ1) is 29.2. The number of carbonyl (C=O) groups is 1. The van der Waals surface area contributed by atoms with Crippen LogP contribution in [0.25, 0.3) is 16.7 Å². The number of nitrogen functional groups attached to an aromatic ring is 1. The molecule has 0 saturated heterocycles. The number of allylic oxidation sites excluding steroid dienone is 2. The number of rotatable bonds is 9. The first-order valence-corrected chi connectivity index (χ1v) is 12.8. The average Bonchev–Trinajstić information content (AvgIpc) is 2.91. The quantitative estimate of drug-likeness (QED) is 0.280. The van der Waals surface area contributed by atoms with E-state index in [9.17, 15) is 18.0 Å². The molecule has 3 aromatic rings. The van der Waals surface area contributed by atoms with Crippen LogP contribution >= 0.6 is 11.6 Å². The van der Waals surface area contributed by atoms with Gasteiger partial charge in [-0.05, 0) is 60.4 Å². The Morgan fingerprint density at radius 2 is 1.93 bits per heavy atom. The molecule has 0 saturated carbocycles. The summed E-state index contributed by atoms with van der Waals surface area (Å²) in [6, 6.07) is 11.5. The van der Waals surface area contributed by atoms with E-state index in [1.807, 2.05) is 6.08 Å². The second-order valence-corrected chi connectivity index (χ2v) is 9.89. The number of alkyl halides is 3. The van der Waals surface area contributed by atoms with Gasteiger partial charge in [-0.25, -0.2) is 4.98 Å². The highest BCUT2D eigenvalue weighted by Crippen LogP contribution is 2.44. The van der Waals surface area contributed by atoms with Crippen molar-refractivity contribution in [1.82, 2.24) is 9.97 Å². The SMILES string of the molecule is COc1cc([C@@H](Oc2cc(C3=CCC(C[C@H](N)C(=O)O)CC3)nc(N)n2)C(F)(F)F)c(-c2ccccc2)cc1Cl. The number of ether oxygens (including phenoxy) is 2. The number of nitrogens with two attached hydrogens (primary N) is 2. The second kappa shape index (κ2) is 12.1. The van der Waals surface area contributed by atoms with Crippen LogP contribution in [0.2, 0.25) is 5.02 Å². The number of aromatic nitrogens is 2. The van der Waals surface area contributed by atoms with E-state index in [1.165, 1.54) is 25.3 Å². The lowest BCUT2D eigenvalue weighted by atomic mass is 9.84. The molecule has 1 aliphatic carbocycles. The topological polar surface area (TPSA) is 134 Å². The third-order valence-corrected chi connectivity index (χ3v) is 7.00. The Morgan fingerprint density at radius 1 is 1.20 bits per heavy atom. The minimum Gasteiger partial charge on any atom is -0.495 e. The Morgan fingerprint density at radius 3 is 2.52 bits per heavy atom. The monoisotopic (exact) mass is 576 g/mol. The highest BCUT2D eigenvalue weighted by atomic mass is 35.5. The molecule has 0 bridgehead atoms. The van der Waals surface area contributed by atoms with Gasteiger partial charge in [0, 0.05) is 11.6 Å². The molecule has 1 aromatic heterocycles.